The maximum absolute atomic E-state index is 11.0. The summed E-state index contributed by atoms with van der Waals surface area (Å²) >= 11 is 0. The van der Waals surface area contributed by atoms with Gasteiger partial charge in [-0.25, -0.2) is 0 Å². The quantitative estimate of drug-likeness (QED) is 0.356. The summed E-state index contributed by atoms with van der Waals surface area (Å²) in [6, 6.07) is 0. The van der Waals surface area contributed by atoms with Crippen LogP contribution in [0.5, 0.6) is 0 Å². The Morgan fingerprint density at radius 1 is 1.50 bits per heavy atom. The molecule has 0 aromatic carbocycles. The molecule has 1 aliphatic rings. The minimum atomic E-state index is -0.667. The van der Waals surface area contributed by atoms with E-state index in [-0.39, 0.29) is 0 Å². The zero-order valence-corrected chi connectivity index (χ0v) is 2.11. The SMILES string of the molecule is FB1C=C1. The van der Waals surface area contributed by atoms with E-state index >= 15 is 0 Å². The van der Waals surface area contributed by atoms with Gasteiger partial charge in [0, 0.05) is 0 Å². The van der Waals surface area contributed by atoms with Crippen molar-refractivity contribution in [3.8, 4) is 0 Å². The molecule has 0 spiro atoms. The lowest BCUT2D eigenvalue weighted by Crippen LogP contribution is -1.66. The maximum Gasteiger partial charge on any atom is 0.397 e. The van der Waals surface area contributed by atoms with Crippen molar-refractivity contribution in [2.24, 2.45) is 0 Å². The van der Waals surface area contributed by atoms with Crippen LogP contribution in [0.2, 0.25) is 0 Å². The van der Waals surface area contributed by atoms with Crippen LogP contribution in [0, 0.1) is 0 Å². The molecule has 1 heterocycles. The van der Waals surface area contributed by atoms with E-state index in [0.29, 0.717) is 0 Å². The molecule has 20 valence electrons. The molecule has 2 heteroatoms. The van der Waals surface area contributed by atoms with Crippen molar-refractivity contribution >= 4 is 6.99 Å². The summed E-state index contributed by atoms with van der Waals surface area (Å²) in [5, 5.41) is 0. The van der Waals surface area contributed by atoms with Crippen LogP contribution in [-0.4, -0.2) is 6.99 Å². The van der Waals surface area contributed by atoms with Gasteiger partial charge in [-0.1, -0.05) is 12.0 Å². The zero-order chi connectivity index (χ0) is 2.99. The van der Waals surface area contributed by atoms with Gasteiger partial charge < -0.3 is 4.32 Å². The van der Waals surface area contributed by atoms with Crippen molar-refractivity contribution in [2.45, 2.75) is 0 Å². The molecule has 0 nitrogen and oxygen atoms in total. The average Bonchev–Trinajstić information content (AvgIpc) is 1.75. The fourth-order valence-corrected chi connectivity index (χ4v) is 0.0420. The molecule has 0 saturated carbocycles. The topological polar surface area (TPSA) is 0 Å². The van der Waals surface area contributed by atoms with Gasteiger partial charge >= 0.3 is 6.99 Å². The van der Waals surface area contributed by atoms with Gasteiger partial charge in [0.1, 0.15) is 0 Å². The molecular weight excluding hydrogens is 53.8 g/mol. The Balaban J connectivity index is 2.32. The lowest BCUT2D eigenvalue weighted by molar-refractivity contribution is 0.875. The monoisotopic (exact) mass is 56.0 g/mol. The van der Waals surface area contributed by atoms with Crippen molar-refractivity contribution in [3.63, 3.8) is 0 Å². The molecule has 0 bridgehead atoms. The van der Waals surface area contributed by atoms with E-state index in [9.17, 15) is 4.32 Å². The van der Waals surface area contributed by atoms with Crippen LogP contribution >= 0.6 is 0 Å². The summed E-state index contributed by atoms with van der Waals surface area (Å²) in [5.74, 6) is 3.00. The summed E-state index contributed by atoms with van der Waals surface area (Å²) in [6.07, 6.45) is 0. The molecule has 0 aromatic heterocycles. The second-order valence-electron chi connectivity index (χ2n) is 0.829. The van der Waals surface area contributed by atoms with Gasteiger partial charge in [-0.05, 0) is 0 Å². The van der Waals surface area contributed by atoms with E-state index in [4.69, 9.17) is 0 Å². The summed E-state index contributed by atoms with van der Waals surface area (Å²) in [7, 11) is 0. The van der Waals surface area contributed by atoms with Crippen LogP contribution in [0.4, 0.5) is 4.32 Å². The summed E-state index contributed by atoms with van der Waals surface area (Å²) in [5.41, 5.74) is 0. The van der Waals surface area contributed by atoms with Crippen LogP contribution in [-0.2, 0) is 0 Å². The highest BCUT2D eigenvalue weighted by atomic mass is 19.1. The predicted molar refractivity (Wildman–Crippen MR) is 16.0 cm³/mol. The maximum atomic E-state index is 11.0. The third kappa shape index (κ3) is 0.125. The van der Waals surface area contributed by atoms with Crippen molar-refractivity contribution < 1.29 is 4.32 Å². The number of rotatable bonds is 0. The number of halogens is 1. The molecule has 0 aromatic rings. The van der Waals surface area contributed by atoms with E-state index in [1.807, 2.05) is 0 Å². The summed E-state index contributed by atoms with van der Waals surface area (Å²) < 4.78 is 11.0. The molecule has 0 fully saturated rings. The highest BCUT2D eigenvalue weighted by molar-refractivity contribution is 6.73. The first kappa shape index (κ1) is 2.00. The van der Waals surface area contributed by atoms with Gasteiger partial charge in [-0.2, -0.15) is 0 Å². The summed E-state index contributed by atoms with van der Waals surface area (Å²) in [6.45, 7) is -0.667. The largest absolute Gasteiger partial charge is 0.397 e. The minimum Gasteiger partial charge on any atom is -0.324 e. The molecule has 0 amide bonds. The van der Waals surface area contributed by atoms with Crippen LogP contribution in [0.1, 0.15) is 0 Å². The van der Waals surface area contributed by atoms with Crippen LogP contribution in [0.25, 0.3) is 0 Å². The summed E-state index contributed by atoms with van der Waals surface area (Å²) in [4.78, 5) is 0. The van der Waals surface area contributed by atoms with Crippen molar-refractivity contribution in [1.29, 1.82) is 0 Å². The Morgan fingerprint density at radius 2 is 1.75 bits per heavy atom. The van der Waals surface area contributed by atoms with Crippen molar-refractivity contribution in [3.05, 3.63) is 12.0 Å². The van der Waals surface area contributed by atoms with Gasteiger partial charge in [0.05, 0.1) is 0 Å². The van der Waals surface area contributed by atoms with E-state index in [1.165, 1.54) is 12.0 Å². The molecule has 0 aliphatic carbocycles. The van der Waals surface area contributed by atoms with E-state index < -0.39 is 6.99 Å². The first-order chi connectivity index (χ1) is 1.89. The Bertz CT molecular complexity index is 44.0. The van der Waals surface area contributed by atoms with E-state index in [0.717, 1.165) is 0 Å². The average molecular weight is 55.8 g/mol. The Labute approximate surface area is 24.4 Å². The fraction of sp³-hybridized carbons (Fsp3) is 0. The molecular formula is C2H2BF. The van der Waals surface area contributed by atoms with E-state index in [1.54, 1.807) is 0 Å². The standard InChI is InChI=1S/C2H2BF/c4-3-1-2-3/h1-2H. The van der Waals surface area contributed by atoms with Crippen LogP contribution < -0.4 is 0 Å². The molecule has 1 rings (SSSR count). The zero-order valence-electron chi connectivity index (χ0n) is 2.11. The molecule has 0 N–H and O–H groups in total. The highest BCUT2D eigenvalue weighted by Gasteiger charge is 2.13. The molecule has 0 saturated heterocycles. The van der Waals surface area contributed by atoms with Gasteiger partial charge in [-0.3, -0.25) is 0 Å². The van der Waals surface area contributed by atoms with Crippen molar-refractivity contribution in [1.82, 2.24) is 0 Å². The van der Waals surface area contributed by atoms with Gasteiger partial charge in [0.2, 0.25) is 0 Å². The second kappa shape index (κ2) is 0.367. The number of hydrogen-bond acceptors (Lipinski definition) is 0. The normalized spacial score (nSPS) is 17.8. The first-order valence-corrected chi connectivity index (χ1v) is 1.22. The third-order valence-corrected chi connectivity index (χ3v) is 0.338. The Hall–Kier alpha value is -0.265. The second-order valence-corrected chi connectivity index (χ2v) is 0.829. The van der Waals surface area contributed by atoms with Gasteiger partial charge in [-0.15, -0.1) is 0 Å². The predicted octanol–water partition coefficient (Wildman–Crippen LogP) is 0.596. The van der Waals surface area contributed by atoms with Gasteiger partial charge in [0.25, 0.3) is 0 Å². The molecule has 0 unspecified atom stereocenters. The fourth-order valence-electron chi connectivity index (χ4n) is 0.0420. The molecule has 0 atom stereocenters. The minimum absolute atomic E-state index is 0.667. The first-order valence-electron chi connectivity index (χ1n) is 1.22. The van der Waals surface area contributed by atoms with Crippen molar-refractivity contribution in [2.75, 3.05) is 0 Å². The van der Waals surface area contributed by atoms with Gasteiger partial charge in [0.15, 0.2) is 0 Å². The lowest BCUT2D eigenvalue weighted by atomic mass is 9.97. The molecule has 0 radical (unpaired) electrons. The molecule has 1 aliphatic heterocycles. The lowest BCUT2D eigenvalue weighted by Gasteiger charge is -1.45. The van der Waals surface area contributed by atoms with Crippen LogP contribution in [0.3, 0.4) is 0 Å². The number of hydrogen-bond donors (Lipinski definition) is 0. The highest BCUT2D eigenvalue weighted by Crippen LogP contribution is 2.00. The third-order valence-electron chi connectivity index (χ3n) is 0.338. The Kier molecular flexibility index (Phi) is 0.184. The Morgan fingerprint density at radius 3 is 1.75 bits per heavy atom. The van der Waals surface area contributed by atoms with Crippen LogP contribution in [0.15, 0.2) is 12.0 Å². The smallest absolute Gasteiger partial charge is 0.324 e. The molecule has 4 heavy (non-hydrogen) atoms. The van der Waals surface area contributed by atoms with E-state index in [2.05, 4.69) is 0 Å².